The lowest BCUT2D eigenvalue weighted by Gasteiger charge is -2.05. The van der Waals surface area contributed by atoms with Crippen molar-refractivity contribution in [2.24, 2.45) is 0 Å². The maximum absolute atomic E-state index is 5.62. The molecule has 0 amide bonds. The fraction of sp³-hybridized carbons (Fsp3) is 0.154. The number of aromatic nitrogens is 1. The van der Waals surface area contributed by atoms with Crippen LogP contribution in [0.3, 0.4) is 0 Å². The summed E-state index contributed by atoms with van der Waals surface area (Å²) in [5, 5.41) is 0. The van der Waals surface area contributed by atoms with Crippen molar-refractivity contribution in [3.8, 4) is 5.75 Å². The predicted molar refractivity (Wildman–Crippen MR) is 72.6 cm³/mol. The minimum absolute atomic E-state index is 0.664. The van der Waals surface area contributed by atoms with Crippen LogP contribution in [0.5, 0.6) is 5.75 Å². The van der Waals surface area contributed by atoms with Crippen molar-refractivity contribution in [1.29, 1.82) is 0 Å². The topological polar surface area (TPSA) is 22.1 Å². The first-order chi connectivity index (χ1) is 7.84. The fourth-order valence-corrected chi connectivity index (χ4v) is 1.71. The molecule has 0 fully saturated rings. The van der Waals surface area contributed by atoms with E-state index in [9.17, 15) is 0 Å². The first-order valence-electron chi connectivity index (χ1n) is 5.13. The van der Waals surface area contributed by atoms with E-state index in [2.05, 4.69) is 27.6 Å². The van der Waals surface area contributed by atoms with Gasteiger partial charge in [0.05, 0.1) is 6.61 Å². The number of ether oxygens (including phenoxy) is 1. The van der Waals surface area contributed by atoms with E-state index in [0.717, 1.165) is 17.9 Å². The van der Waals surface area contributed by atoms with E-state index in [4.69, 9.17) is 4.74 Å². The van der Waals surface area contributed by atoms with Gasteiger partial charge in [0.25, 0.3) is 0 Å². The van der Waals surface area contributed by atoms with Gasteiger partial charge in [0, 0.05) is 21.9 Å². The van der Waals surface area contributed by atoms with Gasteiger partial charge in [-0.05, 0) is 59.0 Å². The van der Waals surface area contributed by atoms with Gasteiger partial charge in [-0.15, -0.1) is 0 Å². The van der Waals surface area contributed by atoms with Crippen molar-refractivity contribution < 1.29 is 4.74 Å². The van der Waals surface area contributed by atoms with Crippen molar-refractivity contribution in [3.63, 3.8) is 0 Å². The molecule has 82 valence electrons. The highest BCUT2D eigenvalue weighted by Crippen LogP contribution is 2.13. The first-order valence-corrected chi connectivity index (χ1v) is 6.21. The summed E-state index contributed by atoms with van der Waals surface area (Å²) in [4.78, 5) is 4.24. The van der Waals surface area contributed by atoms with Gasteiger partial charge >= 0.3 is 0 Å². The van der Waals surface area contributed by atoms with Gasteiger partial charge in [0.15, 0.2) is 0 Å². The van der Waals surface area contributed by atoms with Gasteiger partial charge in [-0.3, -0.25) is 4.98 Å². The SMILES string of the molecule is Ic1ccc(OCCc2ccccn2)cc1. The summed E-state index contributed by atoms with van der Waals surface area (Å²) in [7, 11) is 0. The molecule has 0 atom stereocenters. The average molecular weight is 325 g/mol. The molecule has 0 saturated carbocycles. The average Bonchev–Trinajstić information content (AvgIpc) is 2.33. The predicted octanol–water partition coefficient (Wildman–Crippen LogP) is 3.31. The zero-order valence-electron chi connectivity index (χ0n) is 8.77. The Kier molecular flexibility index (Phi) is 4.16. The standard InChI is InChI=1S/C13H12INO/c14-11-4-6-13(7-5-11)16-10-8-12-3-1-2-9-15-12/h1-7,9H,8,10H2. The van der Waals surface area contributed by atoms with Crippen LogP contribution in [0.4, 0.5) is 0 Å². The molecule has 0 aliphatic heterocycles. The molecule has 2 aromatic rings. The van der Waals surface area contributed by atoms with Gasteiger partial charge in [-0.1, -0.05) is 6.07 Å². The van der Waals surface area contributed by atoms with Crippen LogP contribution < -0.4 is 4.74 Å². The van der Waals surface area contributed by atoms with E-state index >= 15 is 0 Å². The van der Waals surface area contributed by atoms with Gasteiger partial charge in [-0.2, -0.15) is 0 Å². The smallest absolute Gasteiger partial charge is 0.119 e. The Bertz CT molecular complexity index is 427. The third-order valence-corrected chi connectivity index (χ3v) is 2.89. The van der Waals surface area contributed by atoms with Crippen LogP contribution in [0.1, 0.15) is 5.69 Å². The number of hydrogen-bond donors (Lipinski definition) is 0. The highest BCUT2D eigenvalue weighted by Gasteiger charge is 1.95. The first kappa shape index (κ1) is 11.4. The molecule has 0 aliphatic rings. The molecule has 0 spiro atoms. The largest absolute Gasteiger partial charge is 0.493 e. The molecule has 0 radical (unpaired) electrons. The number of pyridine rings is 1. The molecule has 1 heterocycles. The zero-order valence-corrected chi connectivity index (χ0v) is 10.9. The molecular formula is C13H12INO. The fourth-order valence-electron chi connectivity index (χ4n) is 1.35. The van der Waals surface area contributed by atoms with E-state index in [-0.39, 0.29) is 0 Å². The van der Waals surface area contributed by atoms with Crippen LogP contribution in [-0.2, 0) is 6.42 Å². The van der Waals surface area contributed by atoms with Crippen molar-refractivity contribution >= 4 is 22.6 Å². The molecule has 0 aliphatic carbocycles. The summed E-state index contributed by atoms with van der Waals surface area (Å²) in [6, 6.07) is 14.0. The highest BCUT2D eigenvalue weighted by molar-refractivity contribution is 14.1. The molecule has 0 bridgehead atoms. The van der Waals surface area contributed by atoms with E-state index in [1.807, 2.05) is 42.5 Å². The van der Waals surface area contributed by atoms with E-state index in [1.165, 1.54) is 3.57 Å². The molecule has 1 aromatic heterocycles. The van der Waals surface area contributed by atoms with Crippen molar-refractivity contribution in [2.45, 2.75) is 6.42 Å². The van der Waals surface area contributed by atoms with E-state index < -0.39 is 0 Å². The molecule has 16 heavy (non-hydrogen) atoms. The van der Waals surface area contributed by atoms with Crippen LogP contribution in [0.2, 0.25) is 0 Å². The maximum Gasteiger partial charge on any atom is 0.119 e. The zero-order chi connectivity index (χ0) is 11.2. The summed E-state index contributed by atoms with van der Waals surface area (Å²) in [5.41, 5.74) is 1.06. The summed E-state index contributed by atoms with van der Waals surface area (Å²) < 4.78 is 6.84. The molecule has 1 aromatic carbocycles. The van der Waals surface area contributed by atoms with Crippen LogP contribution in [0, 0.1) is 3.57 Å². The van der Waals surface area contributed by atoms with Crippen LogP contribution >= 0.6 is 22.6 Å². The number of rotatable bonds is 4. The lowest BCUT2D eigenvalue weighted by Crippen LogP contribution is -2.02. The summed E-state index contributed by atoms with van der Waals surface area (Å²) in [6.45, 7) is 0.664. The van der Waals surface area contributed by atoms with Crippen molar-refractivity contribution in [3.05, 3.63) is 57.9 Å². The second kappa shape index (κ2) is 5.84. The maximum atomic E-state index is 5.62. The second-order valence-electron chi connectivity index (χ2n) is 3.37. The Morgan fingerprint density at radius 3 is 2.56 bits per heavy atom. The number of halogens is 1. The Hall–Kier alpha value is -1.10. The minimum Gasteiger partial charge on any atom is -0.493 e. The van der Waals surface area contributed by atoms with Crippen molar-refractivity contribution in [2.75, 3.05) is 6.61 Å². The van der Waals surface area contributed by atoms with Gasteiger partial charge in [0.1, 0.15) is 5.75 Å². The second-order valence-corrected chi connectivity index (χ2v) is 4.62. The minimum atomic E-state index is 0.664. The third kappa shape index (κ3) is 3.48. The molecule has 0 unspecified atom stereocenters. The van der Waals surface area contributed by atoms with Crippen LogP contribution in [0.15, 0.2) is 48.7 Å². The Morgan fingerprint density at radius 2 is 1.88 bits per heavy atom. The summed E-state index contributed by atoms with van der Waals surface area (Å²) >= 11 is 2.28. The number of hydrogen-bond acceptors (Lipinski definition) is 2. The number of benzene rings is 1. The van der Waals surface area contributed by atoms with Crippen LogP contribution in [0.25, 0.3) is 0 Å². The van der Waals surface area contributed by atoms with E-state index in [0.29, 0.717) is 6.61 Å². The van der Waals surface area contributed by atoms with Gasteiger partial charge < -0.3 is 4.74 Å². The van der Waals surface area contributed by atoms with Gasteiger partial charge in [0.2, 0.25) is 0 Å². The van der Waals surface area contributed by atoms with E-state index in [1.54, 1.807) is 6.20 Å². The van der Waals surface area contributed by atoms with Crippen molar-refractivity contribution in [1.82, 2.24) is 4.98 Å². The lowest BCUT2D eigenvalue weighted by atomic mass is 10.3. The number of nitrogens with zero attached hydrogens (tertiary/aromatic N) is 1. The molecule has 2 rings (SSSR count). The quantitative estimate of drug-likeness (QED) is 0.805. The normalized spacial score (nSPS) is 10.1. The molecular weight excluding hydrogens is 313 g/mol. The molecule has 3 heteroatoms. The van der Waals surface area contributed by atoms with Crippen LogP contribution in [-0.4, -0.2) is 11.6 Å². The Balaban J connectivity index is 1.82. The monoisotopic (exact) mass is 325 g/mol. The lowest BCUT2D eigenvalue weighted by molar-refractivity contribution is 0.320. The molecule has 0 N–H and O–H groups in total. The highest BCUT2D eigenvalue weighted by atomic mass is 127. The summed E-state index contributed by atoms with van der Waals surface area (Å²) in [5.74, 6) is 0.913. The molecule has 0 saturated heterocycles. The molecule has 2 nitrogen and oxygen atoms in total. The Labute approximate surface area is 109 Å². The third-order valence-electron chi connectivity index (χ3n) is 2.17. The Morgan fingerprint density at radius 1 is 1.06 bits per heavy atom. The van der Waals surface area contributed by atoms with Gasteiger partial charge in [-0.25, -0.2) is 0 Å². The summed E-state index contributed by atoms with van der Waals surface area (Å²) in [6.07, 6.45) is 2.65.